The van der Waals surface area contributed by atoms with Crippen LogP contribution in [-0.2, 0) is 4.74 Å². The molecule has 1 heterocycles. The van der Waals surface area contributed by atoms with Gasteiger partial charge >= 0.3 is 0 Å². The molecule has 19 heavy (non-hydrogen) atoms. The molecule has 1 atom stereocenters. The number of hydrogen-bond acceptors (Lipinski definition) is 3. The van der Waals surface area contributed by atoms with Crippen molar-refractivity contribution in [2.75, 3.05) is 46.4 Å². The second kappa shape index (κ2) is 11.7. The summed E-state index contributed by atoms with van der Waals surface area (Å²) in [4.78, 5) is 2.68. The number of unbranched alkanes of at least 4 members (excludes halogenated alkanes) is 4. The third-order valence-corrected chi connectivity index (χ3v) is 4.10. The fraction of sp³-hybridized carbons (Fsp3) is 1.00. The molecule has 0 aromatic rings. The number of rotatable bonds is 11. The van der Waals surface area contributed by atoms with Crippen molar-refractivity contribution in [3.63, 3.8) is 0 Å². The van der Waals surface area contributed by atoms with Crippen LogP contribution in [-0.4, -0.2) is 51.3 Å². The molecule has 0 aromatic carbocycles. The fourth-order valence-corrected chi connectivity index (χ4v) is 2.94. The van der Waals surface area contributed by atoms with Crippen LogP contribution in [0, 0.1) is 5.92 Å². The van der Waals surface area contributed by atoms with Gasteiger partial charge in [0.1, 0.15) is 0 Å². The largest absolute Gasteiger partial charge is 0.383 e. The van der Waals surface area contributed by atoms with Gasteiger partial charge in [0.2, 0.25) is 0 Å². The molecule has 0 aromatic heterocycles. The minimum Gasteiger partial charge on any atom is -0.383 e. The van der Waals surface area contributed by atoms with Crippen LogP contribution in [0.1, 0.15) is 51.9 Å². The molecule has 1 saturated heterocycles. The standard InChI is InChI=1S/C16H34N2O/c1-3-4-5-6-7-11-18-12-8-9-16(15-18)14-17-10-13-19-2/h16-17H,3-15H2,1-2H3. The van der Waals surface area contributed by atoms with E-state index in [1.165, 1.54) is 64.6 Å². The average molecular weight is 270 g/mol. The quantitative estimate of drug-likeness (QED) is 0.584. The van der Waals surface area contributed by atoms with E-state index in [0.717, 1.165) is 25.6 Å². The number of nitrogens with one attached hydrogen (secondary N) is 1. The Hall–Kier alpha value is -0.120. The summed E-state index contributed by atoms with van der Waals surface area (Å²) >= 11 is 0. The van der Waals surface area contributed by atoms with E-state index in [-0.39, 0.29) is 0 Å². The molecule has 0 amide bonds. The van der Waals surface area contributed by atoms with Crippen LogP contribution in [0.15, 0.2) is 0 Å². The predicted molar refractivity (Wildman–Crippen MR) is 82.7 cm³/mol. The lowest BCUT2D eigenvalue weighted by atomic mass is 9.97. The van der Waals surface area contributed by atoms with Gasteiger partial charge in [-0.2, -0.15) is 0 Å². The summed E-state index contributed by atoms with van der Waals surface area (Å²) in [6, 6.07) is 0. The lowest BCUT2D eigenvalue weighted by Gasteiger charge is -2.32. The second-order valence-corrected chi connectivity index (χ2v) is 5.92. The number of ether oxygens (including phenoxy) is 1. The first-order chi connectivity index (χ1) is 9.36. The zero-order valence-electron chi connectivity index (χ0n) is 13.1. The Balaban J connectivity index is 2.02. The van der Waals surface area contributed by atoms with Crippen LogP contribution in [0.4, 0.5) is 0 Å². The van der Waals surface area contributed by atoms with E-state index in [2.05, 4.69) is 17.1 Å². The number of hydrogen-bond donors (Lipinski definition) is 1. The topological polar surface area (TPSA) is 24.5 Å². The van der Waals surface area contributed by atoms with Gasteiger partial charge in [-0.25, -0.2) is 0 Å². The fourth-order valence-electron chi connectivity index (χ4n) is 2.94. The minimum atomic E-state index is 0.827. The zero-order chi connectivity index (χ0) is 13.8. The van der Waals surface area contributed by atoms with Gasteiger partial charge in [0.05, 0.1) is 6.61 Å². The van der Waals surface area contributed by atoms with Crippen LogP contribution >= 0.6 is 0 Å². The maximum absolute atomic E-state index is 5.06. The van der Waals surface area contributed by atoms with Crippen LogP contribution in [0.5, 0.6) is 0 Å². The highest BCUT2D eigenvalue weighted by Gasteiger charge is 2.18. The molecular formula is C16H34N2O. The number of methoxy groups -OCH3 is 1. The zero-order valence-corrected chi connectivity index (χ0v) is 13.1. The third-order valence-electron chi connectivity index (χ3n) is 4.10. The first-order valence-electron chi connectivity index (χ1n) is 8.28. The Morgan fingerprint density at radius 2 is 2.05 bits per heavy atom. The molecule has 1 aliphatic heterocycles. The van der Waals surface area contributed by atoms with Crippen molar-refractivity contribution in [1.29, 1.82) is 0 Å². The third kappa shape index (κ3) is 8.61. The van der Waals surface area contributed by atoms with Gasteiger partial charge < -0.3 is 15.0 Å². The number of nitrogens with zero attached hydrogens (tertiary/aromatic N) is 1. The number of likely N-dealkylation sites (tertiary alicyclic amines) is 1. The summed E-state index contributed by atoms with van der Waals surface area (Å²) in [5.74, 6) is 0.848. The summed E-state index contributed by atoms with van der Waals surface area (Å²) < 4.78 is 5.06. The smallest absolute Gasteiger partial charge is 0.0587 e. The Labute approximate surface area is 120 Å². The van der Waals surface area contributed by atoms with Crippen molar-refractivity contribution in [3.05, 3.63) is 0 Å². The molecule has 0 radical (unpaired) electrons. The Morgan fingerprint density at radius 3 is 2.84 bits per heavy atom. The van der Waals surface area contributed by atoms with Crippen molar-refractivity contribution >= 4 is 0 Å². The highest BCUT2D eigenvalue weighted by atomic mass is 16.5. The molecule has 1 fully saturated rings. The average Bonchev–Trinajstić information content (AvgIpc) is 2.44. The summed E-state index contributed by atoms with van der Waals surface area (Å²) in [7, 11) is 1.77. The van der Waals surface area contributed by atoms with Gasteiger partial charge in [-0.05, 0) is 44.8 Å². The lowest BCUT2D eigenvalue weighted by Crippen LogP contribution is -2.40. The second-order valence-electron chi connectivity index (χ2n) is 5.92. The van der Waals surface area contributed by atoms with E-state index in [1.54, 1.807) is 7.11 Å². The van der Waals surface area contributed by atoms with E-state index in [9.17, 15) is 0 Å². The summed E-state index contributed by atoms with van der Waals surface area (Å²) in [6.45, 7) is 9.20. The molecule has 3 nitrogen and oxygen atoms in total. The van der Waals surface area contributed by atoms with Gasteiger partial charge in [0.15, 0.2) is 0 Å². The molecule has 114 valence electrons. The van der Waals surface area contributed by atoms with Crippen LogP contribution in [0.2, 0.25) is 0 Å². The van der Waals surface area contributed by atoms with Crippen molar-refractivity contribution in [2.45, 2.75) is 51.9 Å². The van der Waals surface area contributed by atoms with E-state index < -0.39 is 0 Å². The van der Waals surface area contributed by atoms with E-state index in [0.29, 0.717) is 0 Å². The van der Waals surface area contributed by atoms with Gasteiger partial charge in [-0.1, -0.05) is 32.6 Å². The molecule has 0 saturated carbocycles. The Kier molecular flexibility index (Phi) is 10.4. The predicted octanol–water partition coefficient (Wildman–Crippen LogP) is 2.90. The Bertz CT molecular complexity index is 199. The van der Waals surface area contributed by atoms with Crippen molar-refractivity contribution < 1.29 is 4.74 Å². The van der Waals surface area contributed by atoms with E-state index in [1.807, 2.05) is 0 Å². The molecule has 1 unspecified atom stereocenters. The maximum atomic E-state index is 5.06. The van der Waals surface area contributed by atoms with Crippen molar-refractivity contribution in [1.82, 2.24) is 10.2 Å². The summed E-state index contributed by atoms with van der Waals surface area (Å²) in [5, 5.41) is 3.51. The molecule has 1 aliphatic rings. The molecule has 1 rings (SSSR count). The molecule has 0 aliphatic carbocycles. The van der Waals surface area contributed by atoms with Crippen LogP contribution < -0.4 is 5.32 Å². The molecule has 3 heteroatoms. The maximum Gasteiger partial charge on any atom is 0.0587 e. The normalized spacial score (nSPS) is 20.8. The van der Waals surface area contributed by atoms with Gasteiger partial charge in [-0.3, -0.25) is 0 Å². The SMILES string of the molecule is CCCCCCCN1CCCC(CNCCOC)C1. The highest BCUT2D eigenvalue weighted by Crippen LogP contribution is 2.16. The van der Waals surface area contributed by atoms with E-state index >= 15 is 0 Å². The van der Waals surface area contributed by atoms with Gasteiger partial charge in [0.25, 0.3) is 0 Å². The van der Waals surface area contributed by atoms with Crippen LogP contribution in [0.3, 0.4) is 0 Å². The van der Waals surface area contributed by atoms with Gasteiger partial charge in [0, 0.05) is 20.2 Å². The molecule has 0 spiro atoms. The first-order valence-corrected chi connectivity index (χ1v) is 8.28. The van der Waals surface area contributed by atoms with Crippen LogP contribution in [0.25, 0.3) is 0 Å². The Morgan fingerprint density at radius 1 is 1.21 bits per heavy atom. The number of piperidine rings is 1. The summed E-state index contributed by atoms with van der Waals surface area (Å²) in [5.41, 5.74) is 0. The lowest BCUT2D eigenvalue weighted by molar-refractivity contribution is 0.162. The van der Waals surface area contributed by atoms with Gasteiger partial charge in [-0.15, -0.1) is 0 Å². The molecule has 0 bridgehead atoms. The van der Waals surface area contributed by atoms with Crippen molar-refractivity contribution in [3.8, 4) is 0 Å². The van der Waals surface area contributed by atoms with Crippen molar-refractivity contribution in [2.24, 2.45) is 5.92 Å². The minimum absolute atomic E-state index is 0.827. The first kappa shape index (κ1) is 16.9. The molecular weight excluding hydrogens is 236 g/mol. The summed E-state index contributed by atoms with van der Waals surface area (Å²) in [6.07, 6.45) is 9.76. The monoisotopic (exact) mass is 270 g/mol. The highest BCUT2D eigenvalue weighted by molar-refractivity contribution is 4.74. The van der Waals surface area contributed by atoms with E-state index in [4.69, 9.17) is 4.74 Å². The molecule has 1 N–H and O–H groups in total.